The molecule has 30 heavy (non-hydrogen) atoms. The Labute approximate surface area is 191 Å². The number of esters is 1. The van der Waals surface area contributed by atoms with Crippen LogP contribution in [0.2, 0.25) is 0 Å². The van der Waals surface area contributed by atoms with Crippen LogP contribution in [0.5, 0.6) is 0 Å². The maximum Gasteiger partial charge on any atom is 0.345 e. The van der Waals surface area contributed by atoms with E-state index < -0.39 is 0 Å². The third-order valence-electron chi connectivity index (χ3n) is 5.61. The Morgan fingerprint density at radius 3 is 2.47 bits per heavy atom. The Kier molecular flexibility index (Phi) is 5.60. The summed E-state index contributed by atoms with van der Waals surface area (Å²) in [5, 5.41) is 0. The molecule has 4 rings (SSSR count). The smallest absolute Gasteiger partial charge is 0.345 e. The van der Waals surface area contributed by atoms with Crippen molar-refractivity contribution in [2.45, 2.75) is 26.3 Å². The van der Waals surface area contributed by atoms with E-state index in [0.717, 1.165) is 36.4 Å². The van der Waals surface area contributed by atoms with E-state index in [2.05, 4.69) is 50.9 Å². The number of rotatable bonds is 2. The quantitative estimate of drug-likeness (QED) is 0.302. The van der Waals surface area contributed by atoms with E-state index in [1.165, 1.54) is 24.4 Å². The van der Waals surface area contributed by atoms with Crippen molar-refractivity contribution < 1.29 is 9.53 Å². The van der Waals surface area contributed by atoms with Crippen LogP contribution in [0.15, 0.2) is 57.7 Å². The topological polar surface area (TPSA) is 29.5 Å². The molecule has 0 unspecified atom stereocenters. The first-order valence-corrected chi connectivity index (χ1v) is 11.7. The van der Waals surface area contributed by atoms with Crippen molar-refractivity contribution >= 4 is 62.7 Å². The number of carbonyl (C=O) groups is 1. The summed E-state index contributed by atoms with van der Waals surface area (Å²) in [6.45, 7) is 6.39. The van der Waals surface area contributed by atoms with Gasteiger partial charge in [0.15, 0.2) is 0 Å². The molecular formula is C24H23NO2S3. The molecule has 0 aliphatic carbocycles. The number of nitrogens with zero attached hydrogens (tertiary/aromatic N) is 1. The number of thioether (sulfide) groups is 2. The van der Waals surface area contributed by atoms with E-state index in [-0.39, 0.29) is 11.5 Å². The summed E-state index contributed by atoms with van der Waals surface area (Å²) in [6, 6.07) is 16.5. The zero-order valence-electron chi connectivity index (χ0n) is 17.6. The van der Waals surface area contributed by atoms with Gasteiger partial charge in [-0.1, -0.05) is 77.7 Å². The molecule has 0 saturated carbocycles. The highest BCUT2D eigenvalue weighted by Gasteiger charge is 2.41. The summed E-state index contributed by atoms with van der Waals surface area (Å²) < 4.78 is 6.13. The van der Waals surface area contributed by atoms with Crippen LogP contribution in [0.3, 0.4) is 0 Å². The number of thiocarbonyl (C=S) groups is 1. The van der Waals surface area contributed by atoms with Crippen molar-refractivity contribution in [1.82, 2.24) is 0 Å². The minimum absolute atomic E-state index is 0.315. The molecule has 0 N–H and O–H groups in total. The van der Waals surface area contributed by atoms with Gasteiger partial charge in [0.05, 0.1) is 16.9 Å². The van der Waals surface area contributed by atoms with E-state index in [1.54, 1.807) is 11.8 Å². The lowest BCUT2D eigenvalue weighted by Gasteiger charge is -2.44. The van der Waals surface area contributed by atoms with Gasteiger partial charge in [0, 0.05) is 33.6 Å². The SMILES string of the molecule is COC(=O)C1=C(c2ccccc2)SC(=C2C(=S)C(C)(C)N(C)c3ccc(C)cc32)S1. The van der Waals surface area contributed by atoms with Gasteiger partial charge in [0.25, 0.3) is 0 Å². The molecule has 2 aliphatic heterocycles. The molecule has 2 aromatic carbocycles. The zero-order chi connectivity index (χ0) is 21.6. The maximum absolute atomic E-state index is 12.6. The molecule has 0 atom stereocenters. The van der Waals surface area contributed by atoms with Gasteiger partial charge in [-0.15, -0.1) is 0 Å². The molecule has 0 fully saturated rings. The summed E-state index contributed by atoms with van der Waals surface area (Å²) in [4.78, 5) is 17.3. The number of anilines is 1. The average Bonchev–Trinajstić information content (AvgIpc) is 3.18. The minimum Gasteiger partial charge on any atom is -0.465 e. The lowest BCUT2D eigenvalue weighted by molar-refractivity contribution is -0.135. The predicted molar refractivity (Wildman–Crippen MR) is 134 cm³/mol. The van der Waals surface area contributed by atoms with Crippen LogP contribution < -0.4 is 4.90 Å². The number of carbonyl (C=O) groups excluding carboxylic acids is 1. The van der Waals surface area contributed by atoms with E-state index in [0.29, 0.717) is 4.91 Å². The lowest BCUT2D eigenvalue weighted by atomic mass is 9.83. The van der Waals surface area contributed by atoms with E-state index in [4.69, 9.17) is 17.0 Å². The van der Waals surface area contributed by atoms with Crippen molar-refractivity contribution in [3.05, 3.63) is 74.4 Å². The van der Waals surface area contributed by atoms with Gasteiger partial charge in [-0.25, -0.2) is 4.79 Å². The Balaban J connectivity index is 1.92. The molecule has 2 heterocycles. The number of hydrogen-bond acceptors (Lipinski definition) is 6. The average molecular weight is 454 g/mol. The van der Waals surface area contributed by atoms with Crippen LogP contribution in [-0.4, -0.2) is 30.5 Å². The molecule has 6 heteroatoms. The van der Waals surface area contributed by atoms with E-state index >= 15 is 0 Å². The molecule has 154 valence electrons. The van der Waals surface area contributed by atoms with Crippen LogP contribution in [0.1, 0.15) is 30.5 Å². The van der Waals surface area contributed by atoms with Crippen LogP contribution >= 0.6 is 35.7 Å². The molecule has 2 aromatic rings. The molecule has 0 bridgehead atoms. The lowest BCUT2D eigenvalue weighted by Crippen LogP contribution is -2.51. The number of fused-ring (bicyclic) bond motifs is 1. The molecule has 0 saturated heterocycles. The Morgan fingerprint density at radius 2 is 1.80 bits per heavy atom. The van der Waals surface area contributed by atoms with Gasteiger partial charge < -0.3 is 9.64 Å². The molecule has 2 aliphatic rings. The highest BCUT2D eigenvalue weighted by molar-refractivity contribution is 8.32. The van der Waals surface area contributed by atoms with Gasteiger partial charge in [-0.2, -0.15) is 0 Å². The van der Waals surface area contributed by atoms with Crippen LogP contribution in [0.4, 0.5) is 5.69 Å². The summed E-state index contributed by atoms with van der Waals surface area (Å²) in [7, 11) is 3.51. The van der Waals surface area contributed by atoms with Gasteiger partial charge in [-0.05, 0) is 38.5 Å². The minimum atomic E-state index is -0.317. The number of ether oxygens (including phenoxy) is 1. The number of methoxy groups -OCH3 is 1. The third kappa shape index (κ3) is 3.41. The first-order valence-electron chi connectivity index (χ1n) is 9.63. The molecule has 0 radical (unpaired) electrons. The fraction of sp³-hybridized carbons (Fsp3) is 0.250. The van der Waals surface area contributed by atoms with Crippen molar-refractivity contribution in [3.8, 4) is 0 Å². The second-order valence-electron chi connectivity index (χ2n) is 7.85. The molecular weight excluding hydrogens is 430 g/mol. The number of benzene rings is 2. The highest BCUT2D eigenvalue weighted by atomic mass is 32.2. The van der Waals surface area contributed by atoms with E-state index in [1.807, 2.05) is 30.3 Å². The first-order chi connectivity index (χ1) is 14.3. The molecule has 0 spiro atoms. The zero-order valence-corrected chi connectivity index (χ0v) is 20.1. The van der Waals surface area contributed by atoms with Gasteiger partial charge in [0.1, 0.15) is 4.91 Å². The Hall–Kier alpha value is -2.02. The highest BCUT2D eigenvalue weighted by Crippen LogP contribution is 2.58. The third-order valence-corrected chi connectivity index (χ3v) is 8.94. The predicted octanol–water partition coefficient (Wildman–Crippen LogP) is 6.28. The van der Waals surface area contributed by atoms with Crippen molar-refractivity contribution in [3.63, 3.8) is 0 Å². The number of hydrogen-bond donors (Lipinski definition) is 0. The van der Waals surface area contributed by atoms with Crippen LogP contribution in [-0.2, 0) is 9.53 Å². The molecule has 3 nitrogen and oxygen atoms in total. The van der Waals surface area contributed by atoms with Crippen LogP contribution in [0.25, 0.3) is 10.5 Å². The first kappa shape index (κ1) is 21.2. The fourth-order valence-electron chi connectivity index (χ4n) is 3.63. The monoisotopic (exact) mass is 453 g/mol. The van der Waals surface area contributed by atoms with E-state index in [9.17, 15) is 4.79 Å². The van der Waals surface area contributed by atoms with Gasteiger partial charge in [0.2, 0.25) is 0 Å². The van der Waals surface area contributed by atoms with Crippen molar-refractivity contribution in [1.29, 1.82) is 0 Å². The fourth-order valence-corrected chi connectivity index (χ4v) is 6.84. The standard InChI is InChI=1S/C24H23NO2S3/c1-14-11-12-17-16(13-14)18(21(28)24(2,3)25(17)4)23-29-19(15-9-7-6-8-10-15)20(30-23)22(26)27-5/h6-13H,1-5H3. The summed E-state index contributed by atoms with van der Waals surface area (Å²) in [6.07, 6.45) is 0. The van der Waals surface area contributed by atoms with Crippen molar-refractivity contribution in [2.24, 2.45) is 0 Å². The number of aryl methyl sites for hydroxylation is 1. The van der Waals surface area contributed by atoms with Crippen molar-refractivity contribution in [2.75, 3.05) is 19.1 Å². The second-order valence-corrected chi connectivity index (χ2v) is 10.6. The van der Waals surface area contributed by atoms with Gasteiger partial charge in [-0.3, -0.25) is 0 Å². The largest absolute Gasteiger partial charge is 0.465 e. The normalized spacial score (nSPS) is 20.4. The molecule has 0 aromatic heterocycles. The summed E-state index contributed by atoms with van der Waals surface area (Å²) >= 11 is 9.11. The van der Waals surface area contributed by atoms with Gasteiger partial charge >= 0.3 is 5.97 Å². The Morgan fingerprint density at radius 1 is 1.10 bits per heavy atom. The molecule has 0 amide bonds. The van der Waals surface area contributed by atoms with Crippen LogP contribution in [0, 0.1) is 6.92 Å². The Bertz CT molecular complexity index is 1120. The summed E-state index contributed by atoms with van der Waals surface area (Å²) in [5.41, 5.74) is 5.19. The summed E-state index contributed by atoms with van der Waals surface area (Å²) in [5.74, 6) is -0.315. The maximum atomic E-state index is 12.6. The second kappa shape index (κ2) is 7.91.